The first-order valence-corrected chi connectivity index (χ1v) is 9.45. The Morgan fingerprint density at radius 3 is 2.39 bits per heavy atom. The first kappa shape index (κ1) is 20.3. The first-order valence-electron chi connectivity index (χ1n) is 9.45. The SMILES string of the molecule is CC(Oc1cccc2c1c1c(C(N)=O)cccc1n2Cc1ccc(F)cc1F)C(=O)O. The van der Waals surface area contributed by atoms with Gasteiger partial charge in [0.25, 0.3) is 0 Å². The van der Waals surface area contributed by atoms with Gasteiger partial charge in [0.1, 0.15) is 17.4 Å². The van der Waals surface area contributed by atoms with Crippen molar-refractivity contribution in [3.05, 3.63) is 77.4 Å². The number of primary amides is 1. The number of aliphatic carboxylic acids is 1. The number of carboxylic acids is 1. The van der Waals surface area contributed by atoms with Gasteiger partial charge in [-0.25, -0.2) is 13.6 Å². The number of hydrogen-bond acceptors (Lipinski definition) is 3. The molecule has 0 aliphatic carbocycles. The van der Waals surface area contributed by atoms with Crippen LogP contribution in [0.3, 0.4) is 0 Å². The van der Waals surface area contributed by atoms with Crippen LogP contribution in [0.5, 0.6) is 5.75 Å². The van der Waals surface area contributed by atoms with E-state index in [1.807, 2.05) is 0 Å². The molecule has 158 valence electrons. The Bertz CT molecular complexity index is 1350. The number of carboxylic acid groups (broad SMARTS) is 1. The number of hydrogen-bond donors (Lipinski definition) is 2. The Hall–Kier alpha value is -3.94. The van der Waals surface area contributed by atoms with E-state index in [0.29, 0.717) is 21.8 Å². The van der Waals surface area contributed by atoms with E-state index in [9.17, 15) is 23.5 Å². The highest BCUT2D eigenvalue weighted by molar-refractivity contribution is 6.19. The minimum atomic E-state index is -1.15. The van der Waals surface area contributed by atoms with Gasteiger partial charge in [0.05, 0.1) is 23.0 Å². The summed E-state index contributed by atoms with van der Waals surface area (Å²) in [4.78, 5) is 23.4. The van der Waals surface area contributed by atoms with E-state index in [2.05, 4.69) is 0 Å². The highest BCUT2D eigenvalue weighted by atomic mass is 19.1. The summed E-state index contributed by atoms with van der Waals surface area (Å²) in [6.45, 7) is 1.44. The zero-order valence-electron chi connectivity index (χ0n) is 16.4. The van der Waals surface area contributed by atoms with Gasteiger partial charge in [0, 0.05) is 22.6 Å². The molecule has 6 nitrogen and oxygen atoms in total. The molecule has 4 aromatic rings. The Morgan fingerprint density at radius 2 is 1.74 bits per heavy atom. The smallest absolute Gasteiger partial charge is 0.344 e. The lowest BCUT2D eigenvalue weighted by Gasteiger charge is -2.12. The average Bonchev–Trinajstić information content (AvgIpc) is 3.04. The molecule has 0 fully saturated rings. The number of nitrogens with two attached hydrogens (primary N) is 1. The number of carbonyl (C=O) groups is 2. The molecule has 1 amide bonds. The lowest BCUT2D eigenvalue weighted by Crippen LogP contribution is -2.23. The number of amides is 1. The van der Waals surface area contributed by atoms with Crippen LogP contribution in [0.25, 0.3) is 21.8 Å². The van der Waals surface area contributed by atoms with E-state index in [4.69, 9.17) is 10.5 Å². The monoisotopic (exact) mass is 424 g/mol. The Kier molecular flexibility index (Phi) is 5.06. The lowest BCUT2D eigenvalue weighted by molar-refractivity contribution is -0.144. The minimum Gasteiger partial charge on any atom is -0.479 e. The molecular formula is C23H18F2N2O4. The van der Waals surface area contributed by atoms with Crippen LogP contribution in [0.2, 0.25) is 0 Å². The fourth-order valence-electron chi connectivity index (χ4n) is 3.69. The number of nitrogens with zero attached hydrogens (tertiary/aromatic N) is 1. The van der Waals surface area contributed by atoms with Gasteiger partial charge in [-0.15, -0.1) is 0 Å². The summed E-state index contributed by atoms with van der Waals surface area (Å²) >= 11 is 0. The zero-order valence-corrected chi connectivity index (χ0v) is 16.4. The molecule has 0 aliphatic heterocycles. The summed E-state index contributed by atoms with van der Waals surface area (Å²) in [6.07, 6.45) is -1.14. The number of benzene rings is 3. The maximum atomic E-state index is 14.4. The van der Waals surface area contributed by atoms with Crippen molar-refractivity contribution in [2.24, 2.45) is 5.73 Å². The second-order valence-corrected chi connectivity index (χ2v) is 7.13. The van der Waals surface area contributed by atoms with Gasteiger partial charge in [0.2, 0.25) is 5.91 Å². The van der Waals surface area contributed by atoms with E-state index in [-0.39, 0.29) is 23.4 Å². The molecule has 0 saturated carbocycles. The van der Waals surface area contributed by atoms with Crippen LogP contribution in [0, 0.1) is 11.6 Å². The van der Waals surface area contributed by atoms with Crippen molar-refractivity contribution in [2.75, 3.05) is 0 Å². The largest absolute Gasteiger partial charge is 0.479 e. The van der Waals surface area contributed by atoms with Crippen LogP contribution < -0.4 is 10.5 Å². The fraction of sp³-hybridized carbons (Fsp3) is 0.130. The van der Waals surface area contributed by atoms with Crippen LogP contribution >= 0.6 is 0 Å². The first-order chi connectivity index (χ1) is 14.8. The maximum Gasteiger partial charge on any atom is 0.344 e. The molecule has 0 radical (unpaired) electrons. The second kappa shape index (κ2) is 7.71. The van der Waals surface area contributed by atoms with Crippen molar-refractivity contribution in [3.63, 3.8) is 0 Å². The molecule has 1 heterocycles. The Balaban J connectivity index is 2.03. The molecule has 1 unspecified atom stereocenters. The van der Waals surface area contributed by atoms with E-state index in [1.165, 1.54) is 19.1 Å². The molecular weight excluding hydrogens is 406 g/mol. The number of ether oxygens (including phenoxy) is 1. The summed E-state index contributed by atoms with van der Waals surface area (Å²) in [5, 5.41) is 10.2. The van der Waals surface area contributed by atoms with E-state index < -0.39 is 29.6 Å². The number of aromatic nitrogens is 1. The van der Waals surface area contributed by atoms with Crippen molar-refractivity contribution in [2.45, 2.75) is 19.6 Å². The molecule has 0 saturated heterocycles. The number of halogens is 2. The molecule has 3 aromatic carbocycles. The van der Waals surface area contributed by atoms with Crippen LogP contribution in [0.1, 0.15) is 22.8 Å². The van der Waals surface area contributed by atoms with Crippen LogP contribution in [-0.2, 0) is 11.3 Å². The summed E-state index contributed by atoms with van der Waals surface area (Å²) in [5.74, 6) is -2.95. The molecule has 31 heavy (non-hydrogen) atoms. The molecule has 3 N–H and O–H groups in total. The molecule has 0 bridgehead atoms. The summed E-state index contributed by atoms with van der Waals surface area (Å²) < 4.78 is 35.1. The second-order valence-electron chi connectivity index (χ2n) is 7.13. The summed E-state index contributed by atoms with van der Waals surface area (Å²) in [5.41, 5.74) is 7.22. The average molecular weight is 424 g/mol. The van der Waals surface area contributed by atoms with Gasteiger partial charge in [0.15, 0.2) is 6.10 Å². The van der Waals surface area contributed by atoms with Crippen LogP contribution in [0.15, 0.2) is 54.6 Å². The highest BCUT2D eigenvalue weighted by Crippen LogP contribution is 2.38. The van der Waals surface area contributed by atoms with Crippen molar-refractivity contribution >= 4 is 33.7 Å². The zero-order chi connectivity index (χ0) is 22.3. The van der Waals surface area contributed by atoms with Crippen LogP contribution in [-0.4, -0.2) is 27.7 Å². The minimum absolute atomic E-state index is 0.0479. The molecule has 0 spiro atoms. The van der Waals surface area contributed by atoms with E-state index in [1.54, 1.807) is 41.0 Å². The van der Waals surface area contributed by atoms with Gasteiger partial charge in [-0.3, -0.25) is 4.79 Å². The van der Waals surface area contributed by atoms with Crippen LogP contribution in [0.4, 0.5) is 8.78 Å². The van der Waals surface area contributed by atoms with Gasteiger partial charge in [-0.1, -0.05) is 18.2 Å². The molecule has 0 aliphatic rings. The lowest BCUT2D eigenvalue weighted by atomic mass is 10.1. The predicted molar refractivity (Wildman–Crippen MR) is 111 cm³/mol. The highest BCUT2D eigenvalue weighted by Gasteiger charge is 2.22. The number of rotatable bonds is 6. The third-order valence-corrected chi connectivity index (χ3v) is 5.14. The summed E-state index contributed by atoms with van der Waals surface area (Å²) in [7, 11) is 0. The maximum absolute atomic E-state index is 14.4. The molecule has 8 heteroatoms. The molecule has 1 atom stereocenters. The molecule has 1 aromatic heterocycles. The quantitative estimate of drug-likeness (QED) is 0.488. The fourth-order valence-corrected chi connectivity index (χ4v) is 3.69. The third kappa shape index (κ3) is 3.56. The predicted octanol–water partition coefficient (Wildman–Crippen LogP) is 4.07. The van der Waals surface area contributed by atoms with Crippen molar-refractivity contribution in [3.8, 4) is 5.75 Å². The van der Waals surface area contributed by atoms with Gasteiger partial charge >= 0.3 is 5.97 Å². The van der Waals surface area contributed by atoms with Gasteiger partial charge < -0.3 is 20.1 Å². The topological polar surface area (TPSA) is 94.5 Å². The standard InChI is InChI=1S/C23H18F2N2O4/c1-12(23(29)30)31-19-7-3-6-18-21(19)20-15(22(26)28)4-2-5-17(20)27(18)11-13-8-9-14(24)10-16(13)25/h2-10,12H,11H2,1H3,(H2,26,28)(H,29,30). The molecule has 4 rings (SSSR count). The summed E-state index contributed by atoms with van der Waals surface area (Å²) in [6, 6.07) is 13.3. The number of carbonyl (C=O) groups excluding carboxylic acids is 1. The Morgan fingerprint density at radius 1 is 1.06 bits per heavy atom. The normalized spacial score (nSPS) is 12.2. The van der Waals surface area contributed by atoms with Crippen molar-refractivity contribution < 1.29 is 28.2 Å². The van der Waals surface area contributed by atoms with Gasteiger partial charge in [-0.05, 0) is 37.3 Å². The third-order valence-electron chi connectivity index (χ3n) is 5.14. The number of fused-ring (bicyclic) bond motifs is 3. The Labute approximate surface area is 175 Å². The van der Waals surface area contributed by atoms with Gasteiger partial charge in [-0.2, -0.15) is 0 Å². The van der Waals surface area contributed by atoms with E-state index >= 15 is 0 Å². The van der Waals surface area contributed by atoms with E-state index in [0.717, 1.165) is 6.07 Å². The van der Waals surface area contributed by atoms with Crippen molar-refractivity contribution in [1.29, 1.82) is 0 Å². The van der Waals surface area contributed by atoms with Crippen molar-refractivity contribution in [1.82, 2.24) is 4.57 Å².